The number of aromatic nitrogens is 2. The highest BCUT2D eigenvalue weighted by molar-refractivity contribution is 9.10. The number of halogens is 2. The van der Waals surface area contributed by atoms with E-state index in [-0.39, 0.29) is 27.7 Å². The van der Waals surface area contributed by atoms with Crippen LogP contribution in [0.15, 0.2) is 50.7 Å². The molecule has 8 nitrogen and oxygen atoms in total. The van der Waals surface area contributed by atoms with Crippen LogP contribution in [0.5, 0.6) is 5.75 Å². The number of hydrogen-bond acceptors (Lipinski definition) is 5. The molecule has 1 aromatic heterocycles. The molecule has 0 aliphatic rings. The predicted octanol–water partition coefficient (Wildman–Crippen LogP) is 4.56. The Bertz CT molecular complexity index is 1140. The average Bonchev–Trinajstić information content (AvgIpc) is 2.94. The molecular weight excluding hydrogens is 452 g/mol. The van der Waals surface area contributed by atoms with Crippen molar-refractivity contribution < 1.29 is 9.66 Å². The van der Waals surface area contributed by atoms with Gasteiger partial charge in [-0.25, -0.2) is 4.68 Å². The van der Waals surface area contributed by atoms with Gasteiger partial charge in [0.2, 0.25) is 0 Å². The summed E-state index contributed by atoms with van der Waals surface area (Å²) < 4.78 is 7.46. The fourth-order valence-corrected chi connectivity index (χ4v) is 3.05. The molecule has 0 unspecified atom stereocenters. The molecule has 0 saturated carbocycles. The van der Waals surface area contributed by atoms with Crippen LogP contribution in [-0.4, -0.2) is 28.0 Å². The highest BCUT2D eigenvalue weighted by atomic mass is 79.9. The van der Waals surface area contributed by atoms with Crippen LogP contribution in [0.25, 0.3) is 5.69 Å². The molecule has 0 fully saturated rings. The fraction of sp³-hybridized carbons (Fsp3) is 0.111. The van der Waals surface area contributed by atoms with Crippen LogP contribution in [0.2, 0.25) is 5.02 Å². The molecular formula is C18H14BrClN4O4. The predicted molar refractivity (Wildman–Crippen MR) is 111 cm³/mol. The Kier molecular flexibility index (Phi) is 5.66. The minimum absolute atomic E-state index is 0.0731. The van der Waals surface area contributed by atoms with Crippen LogP contribution in [-0.2, 0) is 0 Å². The molecule has 10 heteroatoms. The third-order valence-corrected chi connectivity index (χ3v) is 4.81. The lowest BCUT2D eigenvalue weighted by molar-refractivity contribution is -0.384. The second-order valence-corrected chi connectivity index (χ2v) is 7.08. The van der Waals surface area contributed by atoms with Gasteiger partial charge in [0, 0.05) is 16.4 Å². The van der Waals surface area contributed by atoms with Crippen molar-refractivity contribution in [2.24, 2.45) is 4.99 Å². The minimum Gasteiger partial charge on any atom is -0.494 e. The molecule has 0 radical (unpaired) electrons. The van der Waals surface area contributed by atoms with Gasteiger partial charge in [-0.05, 0) is 37.3 Å². The van der Waals surface area contributed by atoms with Crippen molar-refractivity contribution in [1.82, 2.24) is 9.78 Å². The first kappa shape index (κ1) is 19.8. The second-order valence-electron chi connectivity index (χ2n) is 5.76. The fourth-order valence-electron chi connectivity index (χ4n) is 2.55. The molecule has 0 saturated heterocycles. The lowest BCUT2D eigenvalue weighted by Gasteiger charge is -2.05. The number of H-pyrrole nitrogens is 1. The summed E-state index contributed by atoms with van der Waals surface area (Å²) in [5, 5.41) is 13.9. The van der Waals surface area contributed by atoms with Gasteiger partial charge in [-0.1, -0.05) is 27.5 Å². The average molecular weight is 466 g/mol. The number of aryl methyl sites for hydroxylation is 1. The van der Waals surface area contributed by atoms with Crippen molar-refractivity contribution in [1.29, 1.82) is 0 Å². The number of benzene rings is 2. The lowest BCUT2D eigenvalue weighted by Crippen LogP contribution is -2.17. The summed E-state index contributed by atoms with van der Waals surface area (Å²) >= 11 is 9.30. The smallest absolute Gasteiger partial charge is 0.291 e. The lowest BCUT2D eigenvalue weighted by atomic mass is 10.2. The zero-order valence-electron chi connectivity index (χ0n) is 14.8. The summed E-state index contributed by atoms with van der Waals surface area (Å²) in [5.74, 6) is 0.175. The Morgan fingerprint density at radius 1 is 1.32 bits per heavy atom. The maximum atomic E-state index is 12.7. The molecule has 3 rings (SSSR count). The highest BCUT2D eigenvalue weighted by Crippen LogP contribution is 2.37. The zero-order chi connectivity index (χ0) is 20.4. The van der Waals surface area contributed by atoms with Gasteiger partial charge >= 0.3 is 0 Å². The van der Waals surface area contributed by atoms with Gasteiger partial charge in [0.05, 0.1) is 29.4 Å². The number of nitro benzene ring substituents is 1. The Balaban J connectivity index is 2.02. The van der Waals surface area contributed by atoms with E-state index in [2.05, 4.69) is 26.0 Å². The van der Waals surface area contributed by atoms with Crippen LogP contribution in [0, 0.1) is 17.0 Å². The number of nitro groups is 1. The molecule has 2 aromatic carbocycles. The Hall–Kier alpha value is -2.91. The molecule has 0 spiro atoms. The first-order chi connectivity index (χ1) is 13.3. The van der Waals surface area contributed by atoms with E-state index in [1.54, 1.807) is 19.1 Å². The van der Waals surface area contributed by atoms with Crippen molar-refractivity contribution in [3.63, 3.8) is 0 Å². The van der Waals surface area contributed by atoms with Crippen LogP contribution < -0.4 is 10.3 Å². The van der Waals surface area contributed by atoms with Crippen molar-refractivity contribution in [3.8, 4) is 11.4 Å². The summed E-state index contributed by atoms with van der Waals surface area (Å²) in [6, 6.07) is 9.76. The molecule has 0 aliphatic heterocycles. The van der Waals surface area contributed by atoms with E-state index >= 15 is 0 Å². The molecule has 1 heterocycles. The summed E-state index contributed by atoms with van der Waals surface area (Å²) in [7, 11) is 1.37. The van der Waals surface area contributed by atoms with Crippen LogP contribution in [0.1, 0.15) is 11.3 Å². The first-order valence-electron chi connectivity index (χ1n) is 7.95. The van der Waals surface area contributed by atoms with E-state index in [4.69, 9.17) is 16.3 Å². The van der Waals surface area contributed by atoms with Gasteiger partial charge in [-0.15, -0.1) is 0 Å². The quantitative estimate of drug-likeness (QED) is 0.339. The normalized spacial score (nSPS) is 11.1. The molecule has 0 bridgehead atoms. The Morgan fingerprint density at radius 2 is 2.00 bits per heavy atom. The molecule has 3 aromatic rings. The van der Waals surface area contributed by atoms with E-state index in [0.717, 1.165) is 4.47 Å². The largest absolute Gasteiger partial charge is 0.494 e. The molecule has 144 valence electrons. The molecule has 0 atom stereocenters. The summed E-state index contributed by atoms with van der Waals surface area (Å²) in [6.45, 7) is 1.75. The van der Waals surface area contributed by atoms with E-state index in [9.17, 15) is 14.9 Å². The number of nitrogens with one attached hydrogen (secondary N) is 1. The van der Waals surface area contributed by atoms with E-state index < -0.39 is 4.92 Å². The van der Waals surface area contributed by atoms with Crippen LogP contribution >= 0.6 is 27.5 Å². The van der Waals surface area contributed by atoms with E-state index in [1.807, 2.05) is 12.1 Å². The summed E-state index contributed by atoms with van der Waals surface area (Å²) in [5.41, 5.74) is 1.34. The summed E-state index contributed by atoms with van der Waals surface area (Å²) in [4.78, 5) is 27.4. The number of rotatable bonds is 5. The van der Waals surface area contributed by atoms with E-state index in [1.165, 1.54) is 30.1 Å². The number of hydrogen-bond donors (Lipinski definition) is 1. The maximum absolute atomic E-state index is 12.7. The van der Waals surface area contributed by atoms with Crippen molar-refractivity contribution in [2.45, 2.75) is 6.92 Å². The SMILES string of the molecule is COc1cc([N+](=O)[O-])c(Cl)cc1N=Cc1c(C)[nH]n(-c2ccc(Br)cc2)c1=O. The van der Waals surface area contributed by atoms with Crippen molar-refractivity contribution in [3.05, 3.63) is 77.6 Å². The number of ether oxygens (including phenoxy) is 1. The summed E-state index contributed by atoms with van der Waals surface area (Å²) in [6.07, 6.45) is 1.38. The molecule has 0 amide bonds. The third kappa shape index (κ3) is 3.85. The number of aliphatic imine (C=N–C) groups is 1. The zero-order valence-corrected chi connectivity index (χ0v) is 17.1. The molecule has 0 aliphatic carbocycles. The number of aromatic amines is 1. The van der Waals surface area contributed by atoms with Gasteiger partial charge < -0.3 is 4.74 Å². The van der Waals surface area contributed by atoms with Gasteiger partial charge in [0.25, 0.3) is 11.2 Å². The Labute approximate surface area is 172 Å². The van der Waals surface area contributed by atoms with Crippen LogP contribution in [0.3, 0.4) is 0 Å². The second kappa shape index (κ2) is 7.99. The first-order valence-corrected chi connectivity index (χ1v) is 9.12. The topological polar surface area (TPSA) is 103 Å². The van der Waals surface area contributed by atoms with Gasteiger partial charge in [0.15, 0.2) is 5.75 Å². The van der Waals surface area contributed by atoms with Crippen molar-refractivity contribution in [2.75, 3.05) is 7.11 Å². The minimum atomic E-state index is -0.606. The number of methoxy groups -OCH3 is 1. The molecule has 1 N–H and O–H groups in total. The monoisotopic (exact) mass is 464 g/mol. The van der Waals surface area contributed by atoms with Gasteiger partial charge in [0.1, 0.15) is 10.7 Å². The van der Waals surface area contributed by atoms with Gasteiger partial charge in [-0.3, -0.25) is 25.0 Å². The van der Waals surface area contributed by atoms with Crippen molar-refractivity contribution >= 4 is 45.1 Å². The van der Waals surface area contributed by atoms with E-state index in [0.29, 0.717) is 16.9 Å². The number of nitrogens with zero attached hydrogens (tertiary/aromatic N) is 3. The van der Waals surface area contributed by atoms with Gasteiger partial charge in [-0.2, -0.15) is 0 Å². The Morgan fingerprint density at radius 3 is 2.61 bits per heavy atom. The maximum Gasteiger partial charge on any atom is 0.291 e. The highest BCUT2D eigenvalue weighted by Gasteiger charge is 2.17. The third-order valence-electron chi connectivity index (χ3n) is 3.98. The molecule has 28 heavy (non-hydrogen) atoms. The van der Waals surface area contributed by atoms with Crippen LogP contribution in [0.4, 0.5) is 11.4 Å². The standard InChI is InChI=1S/C18H14BrClN4O4/c1-10-13(18(25)23(22-10)12-5-3-11(19)4-6-12)9-21-15-7-14(20)16(24(26)27)8-17(15)28-2/h3-9,22H,1-2H3.